The first-order valence-corrected chi connectivity index (χ1v) is 4.82. The van der Waals surface area contributed by atoms with Gasteiger partial charge in [0.1, 0.15) is 11.8 Å². The van der Waals surface area contributed by atoms with Gasteiger partial charge in [-0.15, -0.1) is 0 Å². The number of ether oxygens (including phenoxy) is 1. The molecule has 3 heteroatoms. The third-order valence-electron chi connectivity index (χ3n) is 2.78. The predicted molar refractivity (Wildman–Crippen MR) is 59.7 cm³/mol. The molecule has 0 bridgehead atoms. The van der Waals surface area contributed by atoms with Crippen molar-refractivity contribution < 1.29 is 4.74 Å². The summed E-state index contributed by atoms with van der Waals surface area (Å²) in [6, 6.07) is 3.43. The van der Waals surface area contributed by atoms with Gasteiger partial charge in [0.15, 0.2) is 0 Å². The molecule has 0 saturated carbocycles. The molecule has 0 heterocycles. The molecule has 0 spiro atoms. The van der Waals surface area contributed by atoms with Crippen molar-refractivity contribution in [2.75, 3.05) is 7.11 Å². The predicted octanol–water partition coefficient (Wildman–Crippen LogP) is 2.14. The quantitative estimate of drug-likeness (QED) is 0.803. The van der Waals surface area contributed by atoms with E-state index in [9.17, 15) is 0 Å². The summed E-state index contributed by atoms with van der Waals surface area (Å²) in [5, 5.41) is 8.85. The maximum Gasteiger partial charge on any atom is 0.122 e. The highest BCUT2D eigenvalue weighted by Gasteiger charge is 2.15. The van der Waals surface area contributed by atoms with E-state index in [1.807, 2.05) is 26.8 Å². The molecule has 0 fully saturated rings. The van der Waals surface area contributed by atoms with Gasteiger partial charge in [-0.3, -0.25) is 0 Å². The number of nitriles is 1. The van der Waals surface area contributed by atoms with E-state index in [0.717, 1.165) is 28.0 Å². The summed E-state index contributed by atoms with van der Waals surface area (Å²) in [7, 11) is 1.64. The molecular formula is C12H16N2O. The number of hydrogen-bond donors (Lipinski definition) is 1. The van der Waals surface area contributed by atoms with Crippen molar-refractivity contribution in [3.8, 4) is 11.8 Å². The third kappa shape index (κ3) is 1.95. The Bertz CT molecular complexity index is 419. The van der Waals surface area contributed by atoms with Crippen LogP contribution in [0.25, 0.3) is 0 Å². The summed E-state index contributed by atoms with van der Waals surface area (Å²) in [6.07, 6.45) is 0. The van der Waals surface area contributed by atoms with E-state index in [4.69, 9.17) is 15.7 Å². The Kier molecular flexibility index (Phi) is 3.33. The molecule has 1 rings (SSSR count). The molecule has 0 saturated heterocycles. The zero-order valence-corrected chi connectivity index (χ0v) is 9.59. The van der Waals surface area contributed by atoms with Crippen molar-refractivity contribution in [1.29, 1.82) is 5.26 Å². The molecule has 0 amide bonds. The molecular weight excluding hydrogens is 188 g/mol. The lowest BCUT2D eigenvalue weighted by Gasteiger charge is -2.16. The molecule has 0 aliphatic rings. The van der Waals surface area contributed by atoms with Gasteiger partial charge in [0.05, 0.1) is 13.2 Å². The normalized spacial score (nSPS) is 12.0. The lowest BCUT2D eigenvalue weighted by molar-refractivity contribution is 0.410. The van der Waals surface area contributed by atoms with Crippen LogP contribution in [0.3, 0.4) is 0 Å². The fourth-order valence-corrected chi connectivity index (χ4v) is 1.82. The van der Waals surface area contributed by atoms with Crippen molar-refractivity contribution in [2.24, 2.45) is 5.73 Å². The minimum Gasteiger partial charge on any atom is -0.496 e. The standard InChI is InChI=1S/C12H16N2O/c1-7-5-11(15-4)8(2)9(3)12(7)10(14)6-13/h5,10H,14H2,1-4H3. The highest BCUT2D eigenvalue weighted by atomic mass is 16.5. The summed E-state index contributed by atoms with van der Waals surface area (Å²) in [5.74, 6) is 0.846. The summed E-state index contributed by atoms with van der Waals surface area (Å²) < 4.78 is 5.25. The largest absolute Gasteiger partial charge is 0.496 e. The minimum atomic E-state index is -0.561. The molecule has 1 unspecified atom stereocenters. The van der Waals surface area contributed by atoms with Crippen molar-refractivity contribution in [1.82, 2.24) is 0 Å². The Morgan fingerprint density at radius 3 is 2.40 bits per heavy atom. The van der Waals surface area contributed by atoms with Crippen LogP contribution in [0.4, 0.5) is 0 Å². The van der Waals surface area contributed by atoms with Gasteiger partial charge >= 0.3 is 0 Å². The second-order valence-corrected chi connectivity index (χ2v) is 3.67. The van der Waals surface area contributed by atoms with Crippen LogP contribution in [0.2, 0.25) is 0 Å². The molecule has 0 radical (unpaired) electrons. The van der Waals surface area contributed by atoms with Gasteiger partial charge in [0, 0.05) is 0 Å². The molecule has 3 nitrogen and oxygen atoms in total. The van der Waals surface area contributed by atoms with Gasteiger partial charge in [-0.25, -0.2) is 0 Å². The van der Waals surface area contributed by atoms with E-state index in [2.05, 4.69) is 6.07 Å². The lowest BCUT2D eigenvalue weighted by atomic mass is 9.93. The van der Waals surface area contributed by atoms with Crippen LogP contribution in [-0.2, 0) is 0 Å². The van der Waals surface area contributed by atoms with Crippen LogP contribution in [0.5, 0.6) is 5.75 Å². The van der Waals surface area contributed by atoms with Gasteiger partial charge in [-0.05, 0) is 49.1 Å². The number of hydrogen-bond acceptors (Lipinski definition) is 3. The fourth-order valence-electron chi connectivity index (χ4n) is 1.82. The molecule has 1 aromatic carbocycles. The van der Waals surface area contributed by atoms with Crippen molar-refractivity contribution in [3.05, 3.63) is 28.3 Å². The van der Waals surface area contributed by atoms with Crippen LogP contribution in [-0.4, -0.2) is 7.11 Å². The summed E-state index contributed by atoms with van der Waals surface area (Å²) >= 11 is 0. The van der Waals surface area contributed by atoms with E-state index in [-0.39, 0.29) is 0 Å². The third-order valence-corrected chi connectivity index (χ3v) is 2.78. The van der Waals surface area contributed by atoms with Gasteiger partial charge < -0.3 is 10.5 Å². The average molecular weight is 204 g/mol. The summed E-state index contributed by atoms with van der Waals surface area (Å²) in [6.45, 7) is 5.89. The van der Waals surface area contributed by atoms with Gasteiger partial charge in [0.2, 0.25) is 0 Å². The SMILES string of the molecule is COc1cc(C)c(C(N)C#N)c(C)c1C. The average Bonchev–Trinajstić information content (AvgIpc) is 2.23. The first-order chi connectivity index (χ1) is 7.02. The molecule has 15 heavy (non-hydrogen) atoms. The zero-order chi connectivity index (χ0) is 11.6. The summed E-state index contributed by atoms with van der Waals surface area (Å²) in [5.41, 5.74) is 9.76. The van der Waals surface area contributed by atoms with E-state index >= 15 is 0 Å². The first kappa shape index (κ1) is 11.5. The second kappa shape index (κ2) is 4.33. The van der Waals surface area contributed by atoms with E-state index in [1.165, 1.54) is 0 Å². The Morgan fingerprint density at radius 2 is 1.93 bits per heavy atom. The van der Waals surface area contributed by atoms with Crippen LogP contribution in [0.1, 0.15) is 28.3 Å². The topological polar surface area (TPSA) is 59.0 Å². The maximum atomic E-state index is 8.85. The Balaban J connectivity index is 3.44. The lowest BCUT2D eigenvalue weighted by Crippen LogP contribution is -2.12. The highest BCUT2D eigenvalue weighted by molar-refractivity contribution is 5.50. The van der Waals surface area contributed by atoms with E-state index in [0.29, 0.717) is 0 Å². The van der Waals surface area contributed by atoms with E-state index in [1.54, 1.807) is 7.11 Å². The summed E-state index contributed by atoms with van der Waals surface area (Å²) in [4.78, 5) is 0. The van der Waals surface area contributed by atoms with Crippen molar-refractivity contribution in [2.45, 2.75) is 26.8 Å². The van der Waals surface area contributed by atoms with E-state index < -0.39 is 6.04 Å². The molecule has 80 valence electrons. The molecule has 0 aliphatic heterocycles. The van der Waals surface area contributed by atoms with Gasteiger partial charge in [-0.2, -0.15) is 5.26 Å². The number of methoxy groups -OCH3 is 1. The first-order valence-electron chi connectivity index (χ1n) is 4.82. The van der Waals surface area contributed by atoms with Crippen LogP contribution < -0.4 is 10.5 Å². The Labute approximate surface area is 90.5 Å². The Hall–Kier alpha value is -1.53. The second-order valence-electron chi connectivity index (χ2n) is 3.67. The molecule has 0 aromatic heterocycles. The monoisotopic (exact) mass is 204 g/mol. The minimum absolute atomic E-state index is 0.561. The number of aryl methyl sites for hydroxylation is 1. The van der Waals surface area contributed by atoms with Crippen molar-refractivity contribution >= 4 is 0 Å². The fraction of sp³-hybridized carbons (Fsp3) is 0.417. The number of nitrogens with zero attached hydrogens (tertiary/aromatic N) is 1. The van der Waals surface area contributed by atoms with Gasteiger partial charge in [0.25, 0.3) is 0 Å². The number of nitrogens with two attached hydrogens (primary N) is 1. The highest BCUT2D eigenvalue weighted by Crippen LogP contribution is 2.30. The van der Waals surface area contributed by atoms with Gasteiger partial charge in [-0.1, -0.05) is 0 Å². The number of rotatable bonds is 2. The van der Waals surface area contributed by atoms with Crippen LogP contribution >= 0.6 is 0 Å². The van der Waals surface area contributed by atoms with Crippen LogP contribution in [0.15, 0.2) is 6.07 Å². The molecule has 1 aromatic rings. The molecule has 1 atom stereocenters. The maximum absolute atomic E-state index is 8.85. The number of benzene rings is 1. The smallest absolute Gasteiger partial charge is 0.122 e. The zero-order valence-electron chi connectivity index (χ0n) is 9.59. The molecule has 2 N–H and O–H groups in total. The Morgan fingerprint density at radius 1 is 1.33 bits per heavy atom. The molecule has 0 aliphatic carbocycles. The van der Waals surface area contributed by atoms with Crippen LogP contribution in [0, 0.1) is 32.1 Å². The van der Waals surface area contributed by atoms with Crippen molar-refractivity contribution in [3.63, 3.8) is 0 Å².